The van der Waals surface area contributed by atoms with E-state index >= 15 is 0 Å². The molecule has 1 aromatic heterocycles. The van der Waals surface area contributed by atoms with Crippen molar-refractivity contribution in [3.05, 3.63) is 96.6 Å². The number of unbranched alkanes of at least 4 members (excludes halogenated alkanes) is 1. The Morgan fingerprint density at radius 3 is 2.41 bits per heavy atom. The lowest BCUT2D eigenvalue weighted by Gasteiger charge is -2.25. The molecule has 9 heteroatoms. The zero-order valence-corrected chi connectivity index (χ0v) is 29.8. The number of hydrogen-bond acceptors (Lipinski definition) is 6. The van der Waals surface area contributed by atoms with Gasteiger partial charge in [0.15, 0.2) is 10.6 Å². The van der Waals surface area contributed by atoms with Crippen LogP contribution >= 0.6 is 0 Å². The van der Waals surface area contributed by atoms with Crippen LogP contribution in [0.1, 0.15) is 70.1 Å². The van der Waals surface area contributed by atoms with Crippen molar-refractivity contribution in [2.24, 2.45) is 0 Å². The number of aromatic nitrogens is 2. The topological polar surface area (TPSA) is 91.7 Å². The van der Waals surface area contributed by atoms with Gasteiger partial charge in [-0.25, -0.2) is 4.98 Å². The normalized spacial score (nSPS) is 14.1. The first-order valence-corrected chi connectivity index (χ1v) is 19.0. The van der Waals surface area contributed by atoms with Crippen LogP contribution in [0.2, 0.25) is 0 Å². The summed E-state index contributed by atoms with van der Waals surface area (Å²) in [5.41, 5.74) is 5.92. The third-order valence-corrected chi connectivity index (χ3v) is 10.00. The first kappa shape index (κ1) is 36.2. The highest BCUT2D eigenvalue weighted by Crippen LogP contribution is 2.31. The van der Waals surface area contributed by atoms with Gasteiger partial charge in [-0.05, 0) is 108 Å². The van der Waals surface area contributed by atoms with E-state index in [2.05, 4.69) is 59.4 Å². The number of anilines is 2. The number of carbonyl (C=O) groups is 1. The lowest BCUT2D eigenvalue weighted by Crippen LogP contribution is -2.24. The summed E-state index contributed by atoms with van der Waals surface area (Å²) in [6, 6.07) is 21.9. The molecule has 1 aliphatic rings. The first-order valence-electron chi connectivity index (χ1n) is 17.7. The summed E-state index contributed by atoms with van der Waals surface area (Å²) >= 11 is -1.21. The van der Waals surface area contributed by atoms with Gasteiger partial charge in [0.25, 0.3) is 0 Å². The van der Waals surface area contributed by atoms with Crippen LogP contribution in [-0.4, -0.2) is 52.9 Å². The van der Waals surface area contributed by atoms with Gasteiger partial charge >= 0.3 is 0 Å². The summed E-state index contributed by atoms with van der Waals surface area (Å²) in [4.78, 5) is 20.5. The zero-order chi connectivity index (χ0) is 34.3. The Morgan fingerprint density at radius 2 is 1.67 bits per heavy atom. The minimum Gasteiger partial charge on any atom is -0.611 e. The van der Waals surface area contributed by atoms with Crippen molar-refractivity contribution in [2.45, 2.75) is 76.0 Å². The molecule has 49 heavy (non-hydrogen) atoms. The Bertz CT molecular complexity index is 1610. The number of imidazole rings is 1. The molecule has 1 amide bonds. The zero-order valence-electron chi connectivity index (χ0n) is 28.9. The maximum Gasteiger partial charge on any atom is 0.248 e. The fourth-order valence-electron chi connectivity index (χ4n) is 5.95. The number of rotatable bonds is 17. The largest absolute Gasteiger partial charge is 0.611 e. The summed E-state index contributed by atoms with van der Waals surface area (Å²) in [6.07, 6.45) is 15.1. The fraction of sp³-hybridized carbons (Fsp3) is 0.400. The highest BCUT2D eigenvalue weighted by molar-refractivity contribution is 7.90. The van der Waals surface area contributed by atoms with Crippen LogP contribution in [0.4, 0.5) is 11.4 Å². The number of nitrogens with zero attached hydrogens (tertiary/aromatic N) is 3. The average Bonchev–Trinajstić information content (AvgIpc) is 3.37. The van der Waals surface area contributed by atoms with E-state index in [4.69, 9.17) is 9.47 Å². The van der Waals surface area contributed by atoms with Crippen LogP contribution in [0.25, 0.3) is 17.2 Å². The van der Waals surface area contributed by atoms with Gasteiger partial charge in [0, 0.05) is 43.7 Å². The molecule has 4 aromatic rings. The first-order chi connectivity index (χ1) is 24.0. The molecule has 0 saturated carbocycles. The maximum absolute atomic E-state index is 13.1. The molecule has 1 atom stereocenters. The molecule has 1 saturated heterocycles. The standard InChI is InChI=1S/C40H50N4O4S/c1-3-5-25-47-26-27-48-37-16-10-32(11-17-37)33-12-20-39(43-23-8-6-7-9-24-43)34(28-33)13-21-40(45)42-35-14-18-38(19-15-35)49(46)30-36-29-41-31-44(36)22-4-2/h10-21,28-29,31H,3-9,22-27,30H2,1-2H3,(H,42,45)/t49-/m0/s1. The highest BCUT2D eigenvalue weighted by Gasteiger charge is 2.16. The third-order valence-electron chi connectivity index (χ3n) is 8.64. The number of carbonyl (C=O) groups excluding carboxylic acids is 1. The van der Waals surface area contributed by atoms with Crippen LogP contribution < -0.4 is 15.0 Å². The number of hydrogen-bond donors (Lipinski definition) is 1. The summed E-state index contributed by atoms with van der Waals surface area (Å²) in [6.45, 7) is 9.02. The van der Waals surface area contributed by atoms with Gasteiger partial charge in [-0.3, -0.25) is 4.79 Å². The molecule has 0 spiro atoms. The molecular formula is C40H50N4O4S. The van der Waals surface area contributed by atoms with Crippen molar-refractivity contribution in [3.8, 4) is 16.9 Å². The molecule has 0 unspecified atom stereocenters. The van der Waals surface area contributed by atoms with Crippen molar-refractivity contribution < 1.29 is 18.8 Å². The van der Waals surface area contributed by atoms with Crippen molar-refractivity contribution in [1.29, 1.82) is 0 Å². The summed E-state index contributed by atoms with van der Waals surface area (Å²) < 4.78 is 26.6. The summed E-state index contributed by atoms with van der Waals surface area (Å²) in [5, 5.41) is 2.97. The highest BCUT2D eigenvalue weighted by atomic mass is 32.2. The van der Waals surface area contributed by atoms with Gasteiger partial charge < -0.3 is 28.8 Å². The van der Waals surface area contributed by atoms with E-state index in [1.165, 1.54) is 25.7 Å². The van der Waals surface area contributed by atoms with Gasteiger partial charge in [-0.15, -0.1) is 0 Å². The maximum atomic E-state index is 13.1. The molecule has 1 fully saturated rings. The van der Waals surface area contributed by atoms with E-state index < -0.39 is 11.2 Å². The van der Waals surface area contributed by atoms with Crippen LogP contribution in [0.3, 0.4) is 0 Å². The second-order valence-electron chi connectivity index (χ2n) is 12.4. The second kappa shape index (κ2) is 19.2. The Morgan fingerprint density at radius 1 is 0.918 bits per heavy atom. The predicted molar refractivity (Wildman–Crippen MR) is 201 cm³/mol. The fourth-order valence-corrected chi connectivity index (χ4v) is 7.06. The monoisotopic (exact) mass is 682 g/mol. The Balaban J connectivity index is 1.24. The van der Waals surface area contributed by atoms with Gasteiger partial charge in [-0.2, -0.15) is 0 Å². The molecule has 1 aliphatic heterocycles. The Labute approximate surface area is 294 Å². The summed E-state index contributed by atoms with van der Waals surface area (Å²) in [5.74, 6) is 1.00. The third kappa shape index (κ3) is 11.0. The number of amides is 1. The van der Waals surface area contributed by atoms with E-state index in [-0.39, 0.29) is 5.91 Å². The molecule has 0 aliphatic carbocycles. The molecule has 260 valence electrons. The van der Waals surface area contributed by atoms with Crippen LogP contribution in [0.5, 0.6) is 5.75 Å². The minimum atomic E-state index is -1.21. The Hall–Kier alpha value is -4.05. The quantitative estimate of drug-likeness (QED) is 0.0683. The van der Waals surface area contributed by atoms with E-state index in [0.29, 0.717) is 29.5 Å². The van der Waals surface area contributed by atoms with Crippen molar-refractivity contribution >= 4 is 34.5 Å². The van der Waals surface area contributed by atoms with Crippen molar-refractivity contribution in [1.82, 2.24) is 9.55 Å². The molecule has 0 bridgehead atoms. The van der Waals surface area contributed by atoms with Gasteiger partial charge in [0.05, 0.1) is 24.8 Å². The van der Waals surface area contributed by atoms with Crippen molar-refractivity contribution in [3.63, 3.8) is 0 Å². The minimum absolute atomic E-state index is 0.218. The second-order valence-corrected chi connectivity index (χ2v) is 13.9. The molecule has 1 N–H and O–H groups in total. The molecule has 5 rings (SSSR count). The number of benzene rings is 3. The van der Waals surface area contributed by atoms with Gasteiger partial charge in [-0.1, -0.05) is 51.3 Å². The molecule has 2 heterocycles. The van der Waals surface area contributed by atoms with Gasteiger partial charge in [0.1, 0.15) is 12.4 Å². The lowest BCUT2D eigenvalue weighted by molar-refractivity contribution is -0.111. The van der Waals surface area contributed by atoms with E-state index in [1.54, 1.807) is 30.7 Å². The molecular weight excluding hydrogens is 633 g/mol. The van der Waals surface area contributed by atoms with E-state index in [1.807, 2.05) is 34.9 Å². The van der Waals surface area contributed by atoms with Crippen molar-refractivity contribution in [2.75, 3.05) is 43.1 Å². The molecule has 0 radical (unpaired) electrons. The number of aryl methyl sites for hydroxylation is 1. The number of ether oxygens (including phenoxy) is 2. The smallest absolute Gasteiger partial charge is 0.248 e. The Kier molecular flexibility index (Phi) is 14.2. The van der Waals surface area contributed by atoms with Crippen LogP contribution in [0, 0.1) is 0 Å². The van der Waals surface area contributed by atoms with Crippen LogP contribution in [0.15, 0.2) is 90.2 Å². The summed E-state index contributed by atoms with van der Waals surface area (Å²) in [7, 11) is 0. The average molecular weight is 683 g/mol. The lowest BCUT2D eigenvalue weighted by atomic mass is 10.0. The van der Waals surface area contributed by atoms with Crippen LogP contribution in [-0.2, 0) is 33.0 Å². The molecule has 3 aromatic carbocycles. The SMILES string of the molecule is CCCCOCCOc1ccc(-c2ccc(N3CCCCCC3)c(C=CC(=O)Nc3ccc([S@@+]([O-])Cc4cncn4CCC)cc3)c2)cc1. The van der Waals surface area contributed by atoms with E-state index in [0.717, 1.165) is 79.3 Å². The van der Waals surface area contributed by atoms with E-state index in [9.17, 15) is 9.35 Å². The molecule has 8 nitrogen and oxygen atoms in total. The predicted octanol–water partition coefficient (Wildman–Crippen LogP) is 8.50. The number of nitrogens with one attached hydrogen (secondary N) is 1. The van der Waals surface area contributed by atoms with Gasteiger partial charge in [0.2, 0.25) is 5.91 Å².